The van der Waals surface area contributed by atoms with Gasteiger partial charge >= 0.3 is 0 Å². The molecule has 1 aliphatic heterocycles. The van der Waals surface area contributed by atoms with E-state index in [-0.39, 0.29) is 11.5 Å². The van der Waals surface area contributed by atoms with Gasteiger partial charge in [-0.2, -0.15) is 0 Å². The zero-order valence-electron chi connectivity index (χ0n) is 15.0. The van der Waals surface area contributed by atoms with Gasteiger partial charge in [0.1, 0.15) is 0 Å². The molecule has 2 saturated carbocycles. The molecule has 3 nitrogen and oxygen atoms in total. The van der Waals surface area contributed by atoms with Crippen LogP contribution in [0.5, 0.6) is 0 Å². The Hall–Kier alpha value is -0.900. The molecule has 0 radical (unpaired) electrons. The van der Waals surface area contributed by atoms with E-state index in [9.17, 15) is 5.11 Å². The number of likely N-dealkylation sites (tertiary alicyclic amines) is 1. The van der Waals surface area contributed by atoms with Crippen molar-refractivity contribution in [3.8, 4) is 0 Å². The first-order valence-corrected chi connectivity index (χ1v) is 9.57. The Bertz CT molecular complexity index is 576. The molecule has 0 aromatic rings. The average molecular weight is 329 g/mol. The van der Waals surface area contributed by atoms with Crippen LogP contribution >= 0.6 is 0 Å². The predicted octanol–water partition coefficient (Wildman–Crippen LogP) is 3.46. The van der Waals surface area contributed by atoms with E-state index in [2.05, 4.69) is 29.7 Å². The number of piperidine rings is 1. The predicted molar refractivity (Wildman–Crippen MR) is 96.8 cm³/mol. The number of β-amino-alcohol motifs (C(OH)–C–C–N with tert-alkyl or cyclic N) is 1. The molecule has 0 spiro atoms. The lowest BCUT2D eigenvalue weighted by Crippen LogP contribution is -2.63. The Morgan fingerprint density at radius 2 is 2.21 bits per heavy atom. The van der Waals surface area contributed by atoms with Gasteiger partial charge in [0.2, 0.25) is 0 Å². The minimum absolute atomic E-state index is 0.135. The molecule has 1 heterocycles. The lowest BCUT2D eigenvalue weighted by Gasteiger charge is -2.58. The molecule has 0 aromatic carbocycles. The molecule has 3 atom stereocenters. The molecule has 3 fully saturated rings. The van der Waals surface area contributed by atoms with Crippen molar-refractivity contribution in [1.82, 2.24) is 4.90 Å². The van der Waals surface area contributed by atoms with Crippen molar-refractivity contribution < 1.29 is 9.84 Å². The van der Waals surface area contributed by atoms with Crippen molar-refractivity contribution in [2.24, 2.45) is 11.3 Å². The van der Waals surface area contributed by atoms with Crippen LogP contribution in [0, 0.1) is 11.3 Å². The maximum Gasteiger partial charge on any atom is 0.0873 e. The van der Waals surface area contributed by atoms with Crippen LogP contribution in [0.4, 0.5) is 0 Å². The number of nitrogens with zero attached hydrogens (tertiary/aromatic N) is 1. The molecule has 3 heteroatoms. The number of allylic oxidation sites excluding steroid dienone is 3. The summed E-state index contributed by atoms with van der Waals surface area (Å²) in [4.78, 5) is 2.52. The van der Waals surface area contributed by atoms with Crippen LogP contribution in [-0.4, -0.2) is 48.5 Å². The molecule has 0 bridgehead atoms. The number of methoxy groups -OCH3 is 1. The van der Waals surface area contributed by atoms with Gasteiger partial charge in [-0.1, -0.05) is 36.0 Å². The Balaban J connectivity index is 1.63. The van der Waals surface area contributed by atoms with Gasteiger partial charge < -0.3 is 14.7 Å². The quantitative estimate of drug-likeness (QED) is 0.802. The highest BCUT2D eigenvalue weighted by Crippen LogP contribution is 2.57. The molecule has 0 aromatic heterocycles. The number of ether oxygens (including phenoxy) is 1. The summed E-state index contributed by atoms with van der Waals surface area (Å²) in [5.74, 6) is 0.884. The molecule has 4 aliphatic rings. The first-order chi connectivity index (χ1) is 11.5. The van der Waals surface area contributed by atoms with Crippen LogP contribution in [0.3, 0.4) is 0 Å². The van der Waals surface area contributed by atoms with Crippen molar-refractivity contribution in [2.45, 2.75) is 56.7 Å². The molecule has 24 heavy (non-hydrogen) atoms. The van der Waals surface area contributed by atoms with Gasteiger partial charge in [0.15, 0.2) is 0 Å². The van der Waals surface area contributed by atoms with Crippen LogP contribution < -0.4 is 0 Å². The fourth-order valence-electron chi connectivity index (χ4n) is 5.21. The second kappa shape index (κ2) is 6.12. The molecule has 1 saturated heterocycles. The fourth-order valence-corrected chi connectivity index (χ4v) is 5.21. The summed E-state index contributed by atoms with van der Waals surface area (Å²) in [5, 5.41) is 11.8. The Labute approximate surface area is 146 Å². The van der Waals surface area contributed by atoms with Gasteiger partial charge in [0.05, 0.1) is 11.7 Å². The summed E-state index contributed by atoms with van der Waals surface area (Å²) in [6, 6.07) is 0. The molecule has 1 unspecified atom stereocenters. The van der Waals surface area contributed by atoms with Gasteiger partial charge in [-0.05, 0) is 57.4 Å². The first kappa shape index (κ1) is 16.6. The highest BCUT2D eigenvalue weighted by atomic mass is 16.5. The standard InChI is InChI=1S/C21H31NO2/c1-16-8-9-21(23)15-22(14-17-6-7-17)11-10-20(21,13-16)18-4-3-5-19(12-18)24-2/h3-5,17,19,23H,1,6-15H2,2H3/t19-,20?,21-/m1/s1. The molecule has 4 rings (SSSR count). The molecule has 3 aliphatic carbocycles. The van der Waals surface area contributed by atoms with Crippen molar-refractivity contribution in [3.05, 3.63) is 36.0 Å². The van der Waals surface area contributed by atoms with E-state index in [4.69, 9.17) is 4.74 Å². The number of fused-ring (bicyclic) bond motifs is 1. The van der Waals surface area contributed by atoms with Crippen LogP contribution in [0.2, 0.25) is 0 Å². The van der Waals surface area contributed by atoms with E-state index < -0.39 is 5.60 Å². The van der Waals surface area contributed by atoms with E-state index in [0.29, 0.717) is 0 Å². The van der Waals surface area contributed by atoms with Crippen molar-refractivity contribution in [3.63, 3.8) is 0 Å². The Morgan fingerprint density at radius 1 is 1.38 bits per heavy atom. The highest BCUT2D eigenvalue weighted by Gasteiger charge is 2.57. The largest absolute Gasteiger partial charge is 0.388 e. The van der Waals surface area contributed by atoms with Gasteiger partial charge in [0.25, 0.3) is 0 Å². The maximum atomic E-state index is 11.8. The van der Waals surface area contributed by atoms with Gasteiger partial charge in [-0.25, -0.2) is 0 Å². The summed E-state index contributed by atoms with van der Waals surface area (Å²) in [6.45, 7) is 7.40. The van der Waals surface area contributed by atoms with Crippen molar-refractivity contribution in [1.29, 1.82) is 0 Å². The topological polar surface area (TPSA) is 32.7 Å². The van der Waals surface area contributed by atoms with Gasteiger partial charge in [-0.3, -0.25) is 0 Å². The smallest absolute Gasteiger partial charge is 0.0873 e. The van der Waals surface area contributed by atoms with E-state index in [1.54, 1.807) is 7.11 Å². The summed E-state index contributed by atoms with van der Waals surface area (Å²) in [5.41, 5.74) is 1.94. The van der Waals surface area contributed by atoms with E-state index >= 15 is 0 Å². The summed E-state index contributed by atoms with van der Waals surface area (Å²) in [7, 11) is 1.78. The Kier molecular flexibility index (Phi) is 4.22. The van der Waals surface area contributed by atoms with Gasteiger partial charge in [-0.15, -0.1) is 0 Å². The van der Waals surface area contributed by atoms with Gasteiger partial charge in [0, 0.05) is 25.6 Å². The average Bonchev–Trinajstić information content (AvgIpc) is 3.39. The first-order valence-electron chi connectivity index (χ1n) is 9.57. The zero-order valence-corrected chi connectivity index (χ0v) is 15.0. The van der Waals surface area contributed by atoms with Crippen LogP contribution in [0.1, 0.15) is 44.9 Å². The van der Waals surface area contributed by atoms with Crippen LogP contribution in [0.15, 0.2) is 36.0 Å². The molecule has 1 N–H and O–H groups in total. The maximum absolute atomic E-state index is 11.8. The fraction of sp³-hybridized carbons (Fsp3) is 0.714. The zero-order chi connectivity index (χ0) is 16.8. The summed E-state index contributed by atoms with van der Waals surface area (Å²) >= 11 is 0. The summed E-state index contributed by atoms with van der Waals surface area (Å²) in [6.07, 6.45) is 14.1. The third kappa shape index (κ3) is 2.81. The normalized spacial score (nSPS) is 40.3. The van der Waals surface area contributed by atoms with Crippen molar-refractivity contribution >= 4 is 0 Å². The SMILES string of the molecule is C=C1CC[C@@]2(O)CN(CC3CC3)CCC2(C2=CC=C[C@@H](OC)C2)C1. The number of aliphatic hydroxyl groups is 1. The van der Waals surface area contributed by atoms with E-state index in [1.807, 2.05) is 0 Å². The van der Waals surface area contributed by atoms with E-state index in [1.165, 1.54) is 30.5 Å². The monoisotopic (exact) mass is 329 g/mol. The number of hydrogen-bond donors (Lipinski definition) is 1. The Morgan fingerprint density at radius 3 is 2.96 bits per heavy atom. The molecular weight excluding hydrogens is 298 g/mol. The third-order valence-electron chi connectivity index (χ3n) is 6.85. The lowest BCUT2D eigenvalue weighted by atomic mass is 9.54. The lowest BCUT2D eigenvalue weighted by molar-refractivity contribution is -0.136. The third-order valence-corrected chi connectivity index (χ3v) is 6.85. The minimum Gasteiger partial charge on any atom is -0.388 e. The number of hydrogen-bond acceptors (Lipinski definition) is 3. The molecular formula is C21H31NO2. The minimum atomic E-state index is -0.614. The van der Waals surface area contributed by atoms with Crippen LogP contribution in [-0.2, 0) is 4.74 Å². The second-order valence-corrected chi connectivity index (χ2v) is 8.52. The number of rotatable bonds is 4. The van der Waals surface area contributed by atoms with E-state index in [0.717, 1.165) is 51.1 Å². The second-order valence-electron chi connectivity index (χ2n) is 8.52. The highest BCUT2D eigenvalue weighted by molar-refractivity contribution is 5.35. The summed E-state index contributed by atoms with van der Waals surface area (Å²) < 4.78 is 5.59. The van der Waals surface area contributed by atoms with Crippen molar-refractivity contribution in [2.75, 3.05) is 26.7 Å². The molecule has 132 valence electrons. The molecule has 0 amide bonds. The van der Waals surface area contributed by atoms with Crippen LogP contribution in [0.25, 0.3) is 0 Å².